The van der Waals surface area contributed by atoms with Crippen molar-refractivity contribution >= 4 is 142 Å². The van der Waals surface area contributed by atoms with Gasteiger partial charge in [0.05, 0.1) is 44.5 Å². The Morgan fingerprint density at radius 1 is 0.216 bits per heavy atom. The third-order valence-corrected chi connectivity index (χ3v) is 20.6. The Morgan fingerprint density at radius 2 is 0.608 bits per heavy atom. The molecule has 102 heavy (non-hydrogen) atoms. The van der Waals surface area contributed by atoms with Crippen molar-refractivity contribution < 1.29 is 8.83 Å². The van der Waals surface area contributed by atoms with Crippen LogP contribution in [0.5, 0.6) is 0 Å². The Balaban J connectivity index is 0.000000133. The van der Waals surface area contributed by atoms with Crippen LogP contribution in [0.4, 0.5) is 0 Å². The molecule has 0 aliphatic carbocycles. The van der Waals surface area contributed by atoms with E-state index in [4.69, 9.17) is 28.8 Å². The third kappa shape index (κ3) is 9.10. The molecule has 8 heteroatoms. The quantitative estimate of drug-likeness (QED) is 0.158. The Bertz CT molecular complexity index is 7200. The van der Waals surface area contributed by atoms with Crippen LogP contribution in [0.2, 0.25) is 0 Å². The Hall–Kier alpha value is -13.8. The summed E-state index contributed by atoms with van der Waals surface area (Å²) in [7, 11) is 0. The topological polar surface area (TPSA) is 87.7 Å². The molecule has 0 radical (unpaired) electrons. The maximum atomic E-state index is 6.46. The van der Waals surface area contributed by atoms with Gasteiger partial charge in [-0.25, -0.2) is 19.9 Å². The molecule has 0 atom stereocenters. The molecule has 0 bridgehead atoms. The van der Waals surface area contributed by atoms with Gasteiger partial charge in [0, 0.05) is 76.1 Å². The van der Waals surface area contributed by atoms with Gasteiger partial charge in [0.2, 0.25) is 11.9 Å². The molecule has 0 aliphatic heterocycles. The van der Waals surface area contributed by atoms with Crippen LogP contribution in [0.15, 0.2) is 349 Å². The second kappa shape index (κ2) is 22.9. The van der Waals surface area contributed by atoms with Crippen LogP contribution >= 0.6 is 0 Å². The van der Waals surface area contributed by atoms with Gasteiger partial charge in [0.25, 0.3) is 0 Å². The third-order valence-electron chi connectivity index (χ3n) is 20.6. The molecule has 8 nitrogen and oxygen atoms in total. The summed E-state index contributed by atoms with van der Waals surface area (Å²) < 4.78 is 17.4. The lowest BCUT2D eigenvalue weighted by Gasteiger charge is -2.12. The van der Waals surface area contributed by atoms with E-state index in [1.165, 1.54) is 54.2 Å². The number of para-hydroxylation sites is 8. The maximum Gasteiger partial charge on any atom is 0.235 e. The molecule has 0 amide bonds. The summed E-state index contributed by atoms with van der Waals surface area (Å²) in [4.78, 5) is 21.1. The lowest BCUT2D eigenvalue weighted by Crippen LogP contribution is -2.03. The SMILES string of the molecule is c1ccc(-c2ccc(-c3nc(-n4c5ccccc5c5c6cc(-c7cccc8c7oc7ccccc78)ccc6ccc54)nc4ccccc34)cc2)cc1.c1ccc2cc(-c3nc(-n4c5ccccc5c5c6cc(-c7cccc8c7oc7ccccc78)ccc6ccc54)nc4ccccc34)ccc2c1. The number of aromatic nitrogens is 6. The molecule has 0 aliphatic rings. The van der Waals surface area contributed by atoms with Crippen LogP contribution in [0, 0.1) is 0 Å². The first kappa shape index (κ1) is 57.3. The molecule has 0 saturated heterocycles. The van der Waals surface area contributed by atoms with Crippen LogP contribution < -0.4 is 0 Å². The zero-order valence-corrected chi connectivity index (χ0v) is 54.8. The summed E-state index contributed by atoms with van der Waals surface area (Å²) in [5.41, 5.74) is 20.4. The summed E-state index contributed by atoms with van der Waals surface area (Å²) in [5.74, 6) is 1.30. The van der Waals surface area contributed by atoms with Gasteiger partial charge in [-0.3, -0.25) is 9.13 Å². The Kier molecular flexibility index (Phi) is 12.9. The molecule has 0 N–H and O–H groups in total. The van der Waals surface area contributed by atoms with Gasteiger partial charge >= 0.3 is 0 Å². The molecule has 0 spiro atoms. The predicted molar refractivity (Wildman–Crippen MR) is 422 cm³/mol. The van der Waals surface area contributed by atoms with E-state index < -0.39 is 0 Å². The molecule has 474 valence electrons. The zero-order valence-electron chi connectivity index (χ0n) is 54.8. The molecule has 6 aromatic heterocycles. The summed E-state index contributed by atoms with van der Waals surface area (Å²) in [6.07, 6.45) is 0. The van der Waals surface area contributed by atoms with E-state index in [1.54, 1.807) is 0 Å². The molecule has 0 saturated carbocycles. The molecular formula is C94H56N6O2. The van der Waals surface area contributed by atoms with E-state index in [0.717, 1.165) is 143 Å². The van der Waals surface area contributed by atoms with Crippen molar-refractivity contribution in [3.8, 4) is 67.8 Å². The number of hydrogen-bond acceptors (Lipinski definition) is 6. The minimum absolute atomic E-state index is 0.648. The highest BCUT2D eigenvalue weighted by atomic mass is 16.3. The van der Waals surface area contributed by atoms with Gasteiger partial charge in [-0.1, -0.05) is 273 Å². The molecule has 16 aromatic carbocycles. The van der Waals surface area contributed by atoms with Gasteiger partial charge in [-0.2, -0.15) is 0 Å². The van der Waals surface area contributed by atoms with E-state index in [2.05, 4.69) is 306 Å². The highest BCUT2D eigenvalue weighted by molar-refractivity contribution is 6.24. The standard InChI is InChI=1S/C48H29N3O.C46H27N3O/c1-2-11-30(12-3-1)31-21-24-33(25-22-31)46-38-14-4-7-18-41(38)49-48(50-46)51-42-19-8-5-15-39(42)45-40-29-34(26-23-32(40)27-28-43(45)51)35-16-10-17-37-36-13-6-9-20-44(36)52-47(35)37;1-2-11-30-26-32(23-20-28(30)10-1)44-36-13-3-6-17-39(36)47-46(48-44)49-40-18-7-4-14-37(40)43-38-27-31(22-21-29(38)24-25-41(43)49)33-15-9-16-35-34-12-5-8-19-42(34)50-45(33)35/h1-29H;1-27H. The minimum atomic E-state index is 0.648. The average molecular weight is 1300 g/mol. The fourth-order valence-corrected chi connectivity index (χ4v) is 15.8. The highest BCUT2D eigenvalue weighted by Gasteiger charge is 2.23. The zero-order chi connectivity index (χ0) is 66.9. The van der Waals surface area contributed by atoms with Gasteiger partial charge in [-0.05, 0) is 121 Å². The van der Waals surface area contributed by atoms with Crippen LogP contribution in [0.1, 0.15) is 0 Å². The van der Waals surface area contributed by atoms with Crippen LogP contribution in [-0.2, 0) is 0 Å². The highest BCUT2D eigenvalue weighted by Crippen LogP contribution is 2.45. The molecule has 22 rings (SSSR count). The van der Waals surface area contributed by atoms with Crippen molar-refractivity contribution in [2.45, 2.75) is 0 Å². The number of rotatable bonds is 7. The first-order valence-corrected chi connectivity index (χ1v) is 34.5. The smallest absolute Gasteiger partial charge is 0.235 e. The lowest BCUT2D eigenvalue weighted by molar-refractivity contribution is 0.669. The fourth-order valence-electron chi connectivity index (χ4n) is 15.8. The fraction of sp³-hybridized carbons (Fsp3) is 0. The molecular weight excluding hydrogens is 1250 g/mol. The van der Waals surface area contributed by atoms with Gasteiger partial charge in [-0.15, -0.1) is 0 Å². The summed E-state index contributed by atoms with van der Waals surface area (Å²) in [6.45, 7) is 0. The number of hydrogen-bond donors (Lipinski definition) is 0. The first-order valence-electron chi connectivity index (χ1n) is 34.5. The second-order valence-electron chi connectivity index (χ2n) is 26.3. The normalized spacial score (nSPS) is 11.9. The van der Waals surface area contributed by atoms with Gasteiger partial charge in [0.1, 0.15) is 22.3 Å². The molecule has 22 aromatic rings. The minimum Gasteiger partial charge on any atom is -0.455 e. The Morgan fingerprint density at radius 3 is 1.16 bits per heavy atom. The number of benzene rings is 16. The summed E-state index contributed by atoms with van der Waals surface area (Å²) >= 11 is 0. The van der Waals surface area contributed by atoms with E-state index in [-0.39, 0.29) is 0 Å². The largest absolute Gasteiger partial charge is 0.455 e. The maximum absolute atomic E-state index is 6.46. The van der Waals surface area contributed by atoms with Crippen LogP contribution in [0.3, 0.4) is 0 Å². The number of furan rings is 2. The van der Waals surface area contributed by atoms with Crippen LogP contribution in [0.25, 0.3) is 209 Å². The van der Waals surface area contributed by atoms with Crippen molar-refractivity contribution in [3.05, 3.63) is 340 Å². The first-order chi connectivity index (χ1) is 50.6. The number of nitrogens with zero attached hydrogens (tertiary/aromatic N) is 6. The molecule has 0 fully saturated rings. The molecule has 0 unspecified atom stereocenters. The lowest BCUT2D eigenvalue weighted by atomic mass is 9.97. The van der Waals surface area contributed by atoms with Gasteiger partial charge in [0.15, 0.2) is 0 Å². The van der Waals surface area contributed by atoms with Crippen molar-refractivity contribution in [1.82, 2.24) is 29.1 Å². The second-order valence-corrected chi connectivity index (χ2v) is 26.3. The Labute approximate surface area is 583 Å². The summed E-state index contributed by atoms with van der Waals surface area (Å²) in [5, 5.41) is 18.4. The van der Waals surface area contributed by atoms with E-state index in [0.29, 0.717) is 11.9 Å². The van der Waals surface area contributed by atoms with Crippen molar-refractivity contribution in [3.63, 3.8) is 0 Å². The predicted octanol–water partition coefficient (Wildman–Crippen LogP) is 25.0. The van der Waals surface area contributed by atoms with Crippen LogP contribution in [-0.4, -0.2) is 29.1 Å². The summed E-state index contributed by atoms with van der Waals surface area (Å²) in [6, 6.07) is 120. The van der Waals surface area contributed by atoms with E-state index in [1.807, 2.05) is 42.5 Å². The molecule has 6 heterocycles. The average Bonchev–Trinajstić information content (AvgIpc) is 1.56. The monoisotopic (exact) mass is 1300 g/mol. The van der Waals surface area contributed by atoms with E-state index in [9.17, 15) is 0 Å². The number of fused-ring (bicyclic) bond motifs is 19. The van der Waals surface area contributed by atoms with Crippen molar-refractivity contribution in [2.75, 3.05) is 0 Å². The van der Waals surface area contributed by atoms with Crippen molar-refractivity contribution in [1.29, 1.82) is 0 Å². The van der Waals surface area contributed by atoms with Gasteiger partial charge < -0.3 is 8.83 Å². The van der Waals surface area contributed by atoms with Crippen molar-refractivity contribution in [2.24, 2.45) is 0 Å². The van der Waals surface area contributed by atoms with E-state index >= 15 is 0 Å².